The average Bonchev–Trinajstić information content (AvgIpc) is 2.53. The highest BCUT2D eigenvalue weighted by Crippen LogP contribution is 2.35. The molecule has 3 nitrogen and oxygen atoms in total. The van der Waals surface area contributed by atoms with Gasteiger partial charge in [-0.25, -0.2) is 4.79 Å². The van der Waals surface area contributed by atoms with Gasteiger partial charge in [0.15, 0.2) is 0 Å². The van der Waals surface area contributed by atoms with Gasteiger partial charge in [0.25, 0.3) is 0 Å². The van der Waals surface area contributed by atoms with Crippen molar-refractivity contribution < 1.29 is 27.4 Å². The predicted molar refractivity (Wildman–Crippen MR) is 83.6 cm³/mol. The molecule has 0 aliphatic heterocycles. The molecule has 1 aromatic rings. The molecule has 1 saturated carbocycles. The Kier molecular flexibility index (Phi) is 6.29. The first-order chi connectivity index (χ1) is 11.4. The smallest absolute Gasteiger partial charge is 0.459 e. The van der Waals surface area contributed by atoms with Crippen LogP contribution in [0.5, 0.6) is 5.75 Å². The van der Waals surface area contributed by atoms with Gasteiger partial charge in [-0.05, 0) is 55.7 Å². The summed E-state index contributed by atoms with van der Waals surface area (Å²) in [5, 5.41) is 0. The van der Waals surface area contributed by atoms with Crippen molar-refractivity contribution in [3.63, 3.8) is 0 Å². The number of hydrogen-bond donors (Lipinski definition) is 0. The van der Waals surface area contributed by atoms with E-state index in [9.17, 15) is 18.0 Å². The van der Waals surface area contributed by atoms with Crippen molar-refractivity contribution in [1.82, 2.24) is 0 Å². The van der Waals surface area contributed by atoms with Crippen LogP contribution in [0, 0.1) is 0 Å². The van der Waals surface area contributed by atoms with Crippen LogP contribution in [0.2, 0.25) is 0 Å². The minimum atomic E-state index is -4.67. The van der Waals surface area contributed by atoms with E-state index in [1.54, 1.807) is 18.2 Å². The molecule has 1 aliphatic rings. The number of carbonyl (C=O) groups excluding carboxylic acids is 1. The highest BCUT2D eigenvalue weighted by Gasteiger charge is 2.31. The molecule has 0 spiro atoms. The van der Waals surface area contributed by atoms with Gasteiger partial charge in [-0.1, -0.05) is 25.1 Å². The van der Waals surface area contributed by atoms with Crippen molar-refractivity contribution in [2.45, 2.75) is 57.4 Å². The fourth-order valence-corrected chi connectivity index (χ4v) is 2.87. The monoisotopic (exact) mass is 342 g/mol. The number of benzene rings is 1. The summed E-state index contributed by atoms with van der Waals surface area (Å²) in [5.74, 6) is -0.253. The lowest BCUT2D eigenvalue weighted by molar-refractivity contribution is -0.274. The highest BCUT2D eigenvalue weighted by atomic mass is 19.4. The molecular formula is C18H21F3O3. The molecule has 0 heterocycles. The van der Waals surface area contributed by atoms with Gasteiger partial charge >= 0.3 is 12.3 Å². The van der Waals surface area contributed by atoms with Crippen LogP contribution in [0.15, 0.2) is 36.4 Å². The molecule has 24 heavy (non-hydrogen) atoms. The summed E-state index contributed by atoms with van der Waals surface area (Å²) >= 11 is 0. The molecule has 0 atom stereocenters. The van der Waals surface area contributed by atoms with E-state index in [0.717, 1.165) is 37.7 Å². The van der Waals surface area contributed by atoms with E-state index in [2.05, 4.69) is 4.74 Å². The van der Waals surface area contributed by atoms with Gasteiger partial charge in [0.1, 0.15) is 11.9 Å². The molecule has 0 radical (unpaired) electrons. The van der Waals surface area contributed by atoms with E-state index in [4.69, 9.17) is 4.74 Å². The lowest BCUT2D eigenvalue weighted by Crippen LogP contribution is -2.23. The number of allylic oxidation sites excluding steroid dienone is 1. The van der Waals surface area contributed by atoms with E-state index >= 15 is 0 Å². The minimum Gasteiger partial charge on any atom is -0.459 e. The Labute approximate surface area is 139 Å². The first-order valence-corrected chi connectivity index (χ1v) is 8.10. The van der Waals surface area contributed by atoms with Crippen molar-refractivity contribution in [3.8, 4) is 5.75 Å². The summed E-state index contributed by atoms with van der Waals surface area (Å²) in [4.78, 5) is 11.6. The summed E-state index contributed by atoms with van der Waals surface area (Å²) in [5.41, 5.74) is 0.986. The molecule has 0 amide bonds. The van der Waals surface area contributed by atoms with Crippen molar-refractivity contribution in [1.29, 1.82) is 0 Å². The Balaban J connectivity index is 1.84. The molecule has 0 N–H and O–H groups in total. The molecule has 1 aromatic carbocycles. The summed E-state index contributed by atoms with van der Waals surface area (Å²) < 4.78 is 45.7. The first-order valence-electron chi connectivity index (χ1n) is 8.10. The summed E-state index contributed by atoms with van der Waals surface area (Å²) in [6.45, 7) is 1.94. The Morgan fingerprint density at radius 1 is 1.17 bits per heavy atom. The summed E-state index contributed by atoms with van der Waals surface area (Å²) in [6.07, 6.45) is 2.45. The Hall–Kier alpha value is -1.98. The Bertz CT molecular complexity index is 556. The first kappa shape index (κ1) is 18.4. The van der Waals surface area contributed by atoms with Gasteiger partial charge in [0.2, 0.25) is 0 Å². The molecular weight excluding hydrogens is 321 g/mol. The molecule has 0 aromatic heterocycles. The minimum absolute atomic E-state index is 0.0805. The van der Waals surface area contributed by atoms with Crippen molar-refractivity contribution >= 4 is 5.97 Å². The maximum Gasteiger partial charge on any atom is 0.573 e. The van der Waals surface area contributed by atoms with Crippen LogP contribution in [-0.4, -0.2) is 18.4 Å². The van der Waals surface area contributed by atoms with Crippen LogP contribution < -0.4 is 4.74 Å². The van der Waals surface area contributed by atoms with Crippen LogP contribution in [0.25, 0.3) is 0 Å². The number of rotatable bonds is 5. The van der Waals surface area contributed by atoms with Crippen molar-refractivity contribution in [2.24, 2.45) is 0 Å². The zero-order valence-corrected chi connectivity index (χ0v) is 13.5. The molecule has 2 rings (SSSR count). The fraction of sp³-hybridized carbons (Fsp3) is 0.500. The molecule has 132 valence electrons. The quantitative estimate of drug-likeness (QED) is 0.550. The van der Waals surface area contributed by atoms with E-state index in [0.29, 0.717) is 0 Å². The van der Waals surface area contributed by atoms with Gasteiger partial charge < -0.3 is 9.47 Å². The van der Waals surface area contributed by atoms with Gasteiger partial charge in [-0.2, -0.15) is 0 Å². The number of hydrogen-bond acceptors (Lipinski definition) is 3. The standard InChI is InChI=1S/C18H21F3O3/c1-2-3-4-17(22)23-15-9-5-13(6-10-15)14-7-11-16(12-8-14)24-18(19,20)21/h3-4,7-8,11-13,15H,2,5-6,9-10H2,1H3/b4-3+. The number of alkyl halides is 3. The molecule has 0 saturated heterocycles. The second kappa shape index (κ2) is 8.22. The normalized spacial score (nSPS) is 21.7. The Morgan fingerprint density at radius 2 is 1.79 bits per heavy atom. The lowest BCUT2D eigenvalue weighted by Gasteiger charge is -2.28. The van der Waals surface area contributed by atoms with E-state index in [1.807, 2.05) is 6.92 Å². The highest BCUT2D eigenvalue weighted by molar-refractivity contribution is 5.82. The predicted octanol–water partition coefficient (Wildman–Crippen LogP) is 5.12. The van der Waals surface area contributed by atoms with Crippen LogP contribution >= 0.6 is 0 Å². The van der Waals surface area contributed by atoms with Crippen molar-refractivity contribution in [2.75, 3.05) is 0 Å². The SMILES string of the molecule is CC/C=C/C(=O)OC1CCC(c2ccc(OC(F)(F)F)cc2)CC1. The topological polar surface area (TPSA) is 35.5 Å². The molecule has 6 heteroatoms. The maximum absolute atomic E-state index is 12.2. The average molecular weight is 342 g/mol. The molecule has 1 aliphatic carbocycles. The second-order valence-electron chi connectivity index (χ2n) is 5.84. The van der Waals surface area contributed by atoms with Crippen LogP contribution in [-0.2, 0) is 9.53 Å². The molecule has 0 bridgehead atoms. The van der Waals surface area contributed by atoms with Crippen LogP contribution in [0.1, 0.15) is 50.5 Å². The van der Waals surface area contributed by atoms with Crippen molar-refractivity contribution in [3.05, 3.63) is 42.0 Å². The lowest BCUT2D eigenvalue weighted by atomic mass is 9.83. The Morgan fingerprint density at radius 3 is 2.33 bits per heavy atom. The van der Waals surface area contributed by atoms with Gasteiger partial charge in [-0.15, -0.1) is 13.2 Å². The van der Waals surface area contributed by atoms with E-state index < -0.39 is 6.36 Å². The number of carbonyl (C=O) groups is 1. The van der Waals surface area contributed by atoms with Crippen LogP contribution in [0.4, 0.5) is 13.2 Å². The maximum atomic E-state index is 12.2. The van der Waals surface area contributed by atoms with E-state index in [-0.39, 0.29) is 23.7 Å². The van der Waals surface area contributed by atoms with Gasteiger partial charge in [0, 0.05) is 6.08 Å². The zero-order chi connectivity index (χ0) is 17.6. The molecule has 0 unspecified atom stereocenters. The zero-order valence-electron chi connectivity index (χ0n) is 13.5. The third-order valence-corrected chi connectivity index (χ3v) is 4.03. The number of halogens is 3. The second-order valence-corrected chi connectivity index (χ2v) is 5.84. The largest absolute Gasteiger partial charge is 0.573 e. The fourth-order valence-electron chi connectivity index (χ4n) is 2.87. The van der Waals surface area contributed by atoms with E-state index in [1.165, 1.54) is 18.2 Å². The third-order valence-electron chi connectivity index (χ3n) is 4.03. The number of esters is 1. The number of ether oxygens (including phenoxy) is 2. The summed E-state index contributed by atoms with van der Waals surface area (Å²) in [7, 11) is 0. The van der Waals surface area contributed by atoms with Gasteiger partial charge in [0.05, 0.1) is 0 Å². The van der Waals surface area contributed by atoms with Gasteiger partial charge in [-0.3, -0.25) is 0 Å². The summed E-state index contributed by atoms with van der Waals surface area (Å²) in [6, 6.07) is 6.01. The van der Waals surface area contributed by atoms with Crippen LogP contribution in [0.3, 0.4) is 0 Å². The third kappa shape index (κ3) is 5.91. The molecule has 1 fully saturated rings.